The van der Waals surface area contributed by atoms with Crippen molar-refractivity contribution in [3.8, 4) is 0 Å². The first-order valence-corrected chi connectivity index (χ1v) is 8.48. The van der Waals surface area contributed by atoms with Gasteiger partial charge in [-0.3, -0.25) is 4.79 Å². The molecular formula is C18H17NO2S. The Bertz CT molecular complexity index is 725. The van der Waals surface area contributed by atoms with Crippen LogP contribution in [-0.2, 0) is 11.2 Å². The van der Waals surface area contributed by atoms with E-state index >= 15 is 0 Å². The van der Waals surface area contributed by atoms with Crippen LogP contribution in [0.1, 0.15) is 29.3 Å². The van der Waals surface area contributed by atoms with Gasteiger partial charge in [0, 0.05) is 23.3 Å². The Morgan fingerprint density at radius 1 is 1.09 bits per heavy atom. The number of allylic oxidation sites excluding steroid dienone is 1. The quantitative estimate of drug-likeness (QED) is 0.696. The summed E-state index contributed by atoms with van der Waals surface area (Å²) >= 11 is -1.43. The van der Waals surface area contributed by atoms with Crippen molar-refractivity contribution in [2.75, 3.05) is 6.54 Å². The molecule has 0 spiro atoms. The van der Waals surface area contributed by atoms with Crippen LogP contribution in [0.15, 0.2) is 64.4 Å². The Morgan fingerprint density at radius 2 is 1.77 bits per heavy atom. The molecule has 22 heavy (non-hydrogen) atoms. The standard InChI is InChI=1S/C18H17NO2S/c1-2-12-19-16(13-8-4-3-5-9-13)18-17(20)14-10-6-7-11-15(14)22(18)21/h3-11,19H,2,12H2,1H3/b18-16+. The van der Waals surface area contributed by atoms with E-state index in [4.69, 9.17) is 0 Å². The van der Waals surface area contributed by atoms with Crippen LogP contribution in [0.5, 0.6) is 0 Å². The van der Waals surface area contributed by atoms with Crippen molar-refractivity contribution < 1.29 is 9.35 Å². The summed E-state index contributed by atoms with van der Waals surface area (Å²) in [6.07, 6.45) is 0.928. The second kappa shape index (κ2) is 6.38. The molecule has 3 rings (SSSR count). The summed E-state index contributed by atoms with van der Waals surface area (Å²) in [6, 6.07) is 16.7. The lowest BCUT2D eigenvalue weighted by molar-refractivity contribution is 0.104. The van der Waals surface area contributed by atoms with Gasteiger partial charge < -0.3 is 9.87 Å². The van der Waals surface area contributed by atoms with Crippen molar-refractivity contribution in [1.82, 2.24) is 5.32 Å². The Labute approximate surface area is 133 Å². The third-order valence-corrected chi connectivity index (χ3v) is 5.08. The van der Waals surface area contributed by atoms with Crippen molar-refractivity contribution in [2.45, 2.75) is 18.2 Å². The van der Waals surface area contributed by atoms with Gasteiger partial charge in [-0.15, -0.1) is 0 Å². The van der Waals surface area contributed by atoms with E-state index in [0.29, 0.717) is 21.1 Å². The summed E-state index contributed by atoms with van der Waals surface area (Å²) in [5.74, 6) is -0.142. The molecule has 112 valence electrons. The summed E-state index contributed by atoms with van der Waals surface area (Å²) in [5.41, 5.74) is 2.12. The van der Waals surface area contributed by atoms with Crippen LogP contribution in [0, 0.1) is 0 Å². The number of fused-ring (bicyclic) bond motifs is 1. The zero-order chi connectivity index (χ0) is 15.5. The molecule has 1 N–H and O–H groups in total. The fourth-order valence-corrected chi connectivity index (χ4v) is 3.94. The summed E-state index contributed by atoms with van der Waals surface area (Å²) in [7, 11) is 0. The number of benzene rings is 2. The molecular weight excluding hydrogens is 294 g/mol. The van der Waals surface area contributed by atoms with Crippen LogP contribution in [-0.4, -0.2) is 16.9 Å². The summed E-state index contributed by atoms with van der Waals surface area (Å²) < 4.78 is 12.8. The normalized spacial score (nSPS) is 19.0. The third kappa shape index (κ3) is 2.56. The summed E-state index contributed by atoms with van der Waals surface area (Å²) in [5, 5.41) is 3.29. The van der Waals surface area contributed by atoms with Crippen LogP contribution < -0.4 is 5.32 Å². The second-order valence-electron chi connectivity index (χ2n) is 5.09. The summed E-state index contributed by atoms with van der Waals surface area (Å²) in [6.45, 7) is 2.79. The summed E-state index contributed by atoms with van der Waals surface area (Å²) in [4.78, 5) is 13.7. The maximum atomic E-state index is 12.8. The molecule has 1 aliphatic heterocycles. The minimum Gasteiger partial charge on any atom is -0.606 e. The van der Waals surface area contributed by atoms with E-state index < -0.39 is 11.2 Å². The van der Waals surface area contributed by atoms with Crippen LogP contribution in [0.25, 0.3) is 5.70 Å². The Balaban J connectivity index is 2.14. The van der Waals surface area contributed by atoms with Crippen LogP contribution in [0.4, 0.5) is 0 Å². The SMILES string of the molecule is CCCN/C(=C1\C(=O)c2ccccc2[S+]1[O-])c1ccccc1. The molecule has 0 saturated carbocycles. The van der Waals surface area contributed by atoms with Gasteiger partial charge in [0.15, 0.2) is 4.90 Å². The van der Waals surface area contributed by atoms with Gasteiger partial charge in [0.1, 0.15) is 5.70 Å². The zero-order valence-electron chi connectivity index (χ0n) is 12.3. The van der Waals surface area contributed by atoms with E-state index in [1.165, 1.54) is 0 Å². The minimum absolute atomic E-state index is 0.142. The van der Waals surface area contributed by atoms with Crippen LogP contribution in [0.2, 0.25) is 0 Å². The lowest BCUT2D eigenvalue weighted by Crippen LogP contribution is -2.19. The average molecular weight is 311 g/mol. The minimum atomic E-state index is -1.43. The van der Waals surface area contributed by atoms with E-state index in [-0.39, 0.29) is 5.78 Å². The van der Waals surface area contributed by atoms with Crippen molar-refractivity contribution >= 4 is 22.7 Å². The largest absolute Gasteiger partial charge is 0.606 e. The molecule has 1 atom stereocenters. The Morgan fingerprint density at radius 3 is 2.45 bits per heavy atom. The van der Waals surface area contributed by atoms with Gasteiger partial charge in [-0.2, -0.15) is 0 Å². The van der Waals surface area contributed by atoms with E-state index in [9.17, 15) is 9.35 Å². The van der Waals surface area contributed by atoms with Gasteiger partial charge in [0.2, 0.25) is 10.7 Å². The van der Waals surface area contributed by atoms with E-state index in [1.54, 1.807) is 18.2 Å². The molecule has 0 aromatic heterocycles. The molecule has 0 saturated heterocycles. The smallest absolute Gasteiger partial charge is 0.248 e. The number of carbonyl (C=O) groups is 1. The maximum absolute atomic E-state index is 12.8. The number of nitrogens with one attached hydrogen (secondary N) is 1. The van der Waals surface area contributed by atoms with Gasteiger partial charge in [-0.05, 0) is 18.6 Å². The number of ketones is 1. The van der Waals surface area contributed by atoms with Crippen molar-refractivity contribution in [3.05, 3.63) is 70.6 Å². The fourth-order valence-electron chi connectivity index (χ4n) is 2.51. The molecule has 1 aliphatic rings. The number of carbonyl (C=O) groups excluding carboxylic acids is 1. The molecule has 0 aliphatic carbocycles. The van der Waals surface area contributed by atoms with Gasteiger partial charge in [0.05, 0.1) is 5.56 Å². The van der Waals surface area contributed by atoms with Crippen LogP contribution >= 0.6 is 0 Å². The molecule has 3 nitrogen and oxygen atoms in total. The van der Waals surface area contributed by atoms with Gasteiger partial charge in [-0.1, -0.05) is 49.4 Å². The first-order chi connectivity index (χ1) is 10.7. The van der Waals surface area contributed by atoms with Crippen molar-refractivity contribution in [1.29, 1.82) is 0 Å². The lowest BCUT2D eigenvalue weighted by atomic mass is 10.1. The van der Waals surface area contributed by atoms with Crippen molar-refractivity contribution in [3.63, 3.8) is 0 Å². The molecule has 1 unspecified atom stereocenters. The van der Waals surface area contributed by atoms with E-state index in [1.807, 2.05) is 36.4 Å². The van der Waals surface area contributed by atoms with Crippen molar-refractivity contribution in [2.24, 2.45) is 0 Å². The number of rotatable bonds is 4. The highest BCUT2D eigenvalue weighted by molar-refractivity contribution is 7.97. The highest BCUT2D eigenvalue weighted by atomic mass is 32.2. The number of hydrogen-bond acceptors (Lipinski definition) is 3. The molecule has 2 aromatic rings. The van der Waals surface area contributed by atoms with E-state index in [2.05, 4.69) is 12.2 Å². The Kier molecular flexibility index (Phi) is 4.32. The zero-order valence-corrected chi connectivity index (χ0v) is 13.2. The predicted molar refractivity (Wildman–Crippen MR) is 88.8 cm³/mol. The average Bonchev–Trinajstić information content (AvgIpc) is 2.82. The molecule has 1 heterocycles. The van der Waals surface area contributed by atoms with Gasteiger partial charge in [0.25, 0.3) is 0 Å². The third-order valence-electron chi connectivity index (χ3n) is 3.56. The lowest BCUT2D eigenvalue weighted by Gasteiger charge is -2.13. The Hall–Kier alpha value is -2.04. The molecule has 2 aromatic carbocycles. The van der Waals surface area contributed by atoms with Crippen LogP contribution in [0.3, 0.4) is 0 Å². The highest BCUT2D eigenvalue weighted by Gasteiger charge is 2.41. The maximum Gasteiger partial charge on any atom is 0.248 e. The molecule has 0 amide bonds. The van der Waals surface area contributed by atoms with Gasteiger partial charge >= 0.3 is 0 Å². The van der Waals surface area contributed by atoms with Gasteiger partial charge in [-0.25, -0.2) is 0 Å². The number of Topliss-reactive ketones (excluding diaryl/α,β-unsaturated/α-hetero) is 1. The first kappa shape index (κ1) is 14.9. The first-order valence-electron chi connectivity index (χ1n) is 7.33. The van der Waals surface area contributed by atoms with E-state index in [0.717, 1.165) is 18.5 Å². The molecule has 0 radical (unpaired) electrons. The number of hydrogen-bond donors (Lipinski definition) is 1. The topological polar surface area (TPSA) is 52.2 Å². The molecule has 0 bridgehead atoms. The highest BCUT2D eigenvalue weighted by Crippen LogP contribution is 2.37. The second-order valence-corrected chi connectivity index (χ2v) is 6.48. The molecule has 0 fully saturated rings. The fraction of sp³-hybridized carbons (Fsp3) is 0.167. The monoisotopic (exact) mass is 311 g/mol. The molecule has 4 heteroatoms. The predicted octanol–water partition coefficient (Wildman–Crippen LogP) is 3.36.